The van der Waals surface area contributed by atoms with Crippen LogP contribution >= 0.6 is 0 Å². The summed E-state index contributed by atoms with van der Waals surface area (Å²) in [6.45, 7) is -0.210. The SMILES string of the molecule is CN(C)c1ccc(C(=O)OCc2cccc(C(F)(F)F)c2)cc1. The van der Waals surface area contributed by atoms with Gasteiger partial charge in [0.2, 0.25) is 0 Å². The molecular weight excluding hydrogens is 307 g/mol. The fraction of sp³-hybridized carbons (Fsp3) is 0.235. The maximum absolute atomic E-state index is 12.6. The molecule has 122 valence electrons. The number of anilines is 1. The zero-order valence-corrected chi connectivity index (χ0v) is 12.7. The van der Waals surface area contributed by atoms with E-state index < -0.39 is 17.7 Å². The Morgan fingerprint density at radius 1 is 1.09 bits per heavy atom. The number of ether oxygens (including phenoxy) is 1. The van der Waals surface area contributed by atoms with Crippen LogP contribution in [0.5, 0.6) is 0 Å². The minimum atomic E-state index is -4.41. The molecule has 2 aromatic rings. The van der Waals surface area contributed by atoms with Gasteiger partial charge in [-0.25, -0.2) is 4.79 Å². The van der Waals surface area contributed by atoms with Gasteiger partial charge in [0.05, 0.1) is 11.1 Å². The summed E-state index contributed by atoms with van der Waals surface area (Å²) in [5, 5.41) is 0. The molecule has 0 aliphatic rings. The van der Waals surface area contributed by atoms with E-state index in [0.29, 0.717) is 5.56 Å². The van der Waals surface area contributed by atoms with Crippen LogP contribution in [0.25, 0.3) is 0 Å². The third-order valence-electron chi connectivity index (χ3n) is 3.24. The van der Waals surface area contributed by atoms with E-state index in [4.69, 9.17) is 4.74 Å². The van der Waals surface area contributed by atoms with Crippen LogP contribution in [0.2, 0.25) is 0 Å². The molecule has 0 unspecified atom stereocenters. The van der Waals surface area contributed by atoms with Gasteiger partial charge in [0.15, 0.2) is 0 Å². The van der Waals surface area contributed by atoms with Crippen molar-refractivity contribution in [3.05, 3.63) is 65.2 Å². The predicted molar refractivity (Wildman–Crippen MR) is 81.3 cm³/mol. The molecule has 0 spiro atoms. The van der Waals surface area contributed by atoms with Crippen LogP contribution in [0.1, 0.15) is 21.5 Å². The second kappa shape index (κ2) is 6.73. The van der Waals surface area contributed by atoms with Gasteiger partial charge in [-0.1, -0.05) is 12.1 Å². The van der Waals surface area contributed by atoms with Gasteiger partial charge < -0.3 is 9.64 Å². The molecule has 0 fully saturated rings. The lowest BCUT2D eigenvalue weighted by molar-refractivity contribution is -0.137. The summed E-state index contributed by atoms with van der Waals surface area (Å²) in [7, 11) is 3.75. The van der Waals surface area contributed by atoms with Gasteiger partial charge in [-0.2, -0.15) is 13.2 Å². The Hall–Kier alpha value is -2.50. The zero-order chi connectivity index (χ0) is 17.0. The molecule has 0 atom stereocenters. The monoisotopic (exact) mass is 323 g/mol. The number of nitrogens with zero attached hydrogens (tertiary/aromatic N) is 1. The second-order valence-corrected chi connectivity index (χ2v) is 5.22. The molecule has 0 amide bonds. The van der Waals surface area contributed by atoms with Crippen molar-refractivity contribution in [1.82, 2.24) is 0 Å². The van der Waals surface area contributed by atoms with Gasteiger partial charge in [-0.3, -0.25) is 0 Å². The van der Waals surface area contributed by atoms with Crippen LogP contribution in [-0.2, 0) is 17.5 Å². The van der Waals surface area contributed by atoms with Crippen LogP contribution in [0.3, 0.4) is 0 Å². The van der Waals surface area contributed by atoms with Gasteiger partial charge >= 0.3 is 12.1 Å². The molecule has 3 nitrogen and oxygen atoms in total. The van der Waals surface area contributed by atoms with E-state index in [-0.39, 0.29) is 12.2 Å². The van der Waals surface area contributed by atoms with E-state index >= 15 is 0 Å². The third-order valence-corrected chi connectivity index (χ3v) is 3.24. The molecule has 2 rings (SSSR count). The molecule has 0 heterocycles. The van der Waals surface area contributed by atoms with Crippen LogP contribution < -0.4 is 4.90 Å². The Morgan fingerprint density at radius 3 is 2.30 bits per heavy atom. The van der Waals surface area contributed by atoms with Crippen molar-refractivity contribution in [2.45, 2.75) is 12.8 Å². The fourth-order valence-corrected chi connectivity index (χ4v) is 1.97. The van der Waals surface area contributed by atoms with Crippen LogP contribution in [-0.4, -0.2) is 20.1 Å². The molecule has 0 bridgehead atoms. The number of benzene rings is 2. The summed E-state index contributed by atoms with van der Waals surface area (Å²) in [5.41, 5.74) is 0.807. The normalized spacial score (nSPS) is 11.2. The van der Waals surface area contributed by atoms with Crippen molar-refractivity contribution < 1.29 is 22.7 Å². The largest absolute Gasteiger partial charge is 0.457 e. The number of carbonyl (C=O) groups excluding carboxylic acids is 1. The lowest BCUT2D eigenvalue weighted by atomic mass is 10.1. The highest BCUT2D eigenvalue weighted by molar-refractivity contribution is 5.89. The number of alkyl halides is 3. The summed E-state index contributed by atoms with van der Waals surface area (Å²) in [6.07, 6.45) is -4.41. The van der Waals surface area contributed by atoms with Gasteiger partial charge in [0.25, 0.3) is 0 Å². The van der Waals surface area contributed by atoms with Crippen molar-refractivity contribution >= 4 is 11.7 Å². The first-order valence-corrected chi connectivity index (χ1v) is 6.88. The Kier molecular flexibility index (Phi) is 4.93. The van der Waals surface area contributed by atoms with Gasteiger partial charge in [-0.15, -0.1) is 0 Å². The minimum Gasteiger partial charge on any atom is -0.457 e. The summed E-state index contributed by atoms with van der Waals surface area (Å²) in [5.74, 6) is -0.576. The molecule has 0 aliphatic heterocycles. The zero-order valence-electron chi connectivity index (χ0n) is 12.7. The maximum atomic E-state index is 12.6. The topological polar surface area (TPSA) is 29.5 Å². The van der Waals surface area contributed by atoms with Gasteiger partial charge in [0.1, 0.15) is 6.61 Å². The first kappa shape index (κ1) is 16.9. The van der Waals surface area contributed by atoms with Crippen molar-refractivity contribution in [1.29, 1.82) is 0 Å². The number of hydrogen-bond donors (Lipinski definition) is 0. The number of carbonyl (C=O) groups is 1. The summed E-state index contributed by atoms with van der Waals surface area (Å²) < 4.78 is 42.9. The average molecular weight is 323 g/mol. The summed E-state index contributed by atoms with van der Waals surface area (Å²) in [6, 6.07) is 11.5. The van der Waals surface area contributed by atoms with Crippen LogP contribution in [0.4, 0.5) is 18.9 Å². The number of esters is 1. The fourth-order valence-electron chi connectivity index (χ4n) is 1.97. The van der Waals surface area contributed by atoms with Gasteiger partial charge in [-0.05, 0) is 42.0 Å². The molecule has 0 aromatic heterocycles. The van der Waals surface area contributed by atoms with Crippen molar-refractivity contribution in [3.8, 4) is 0 Å². The lowest BCUT2D eigenvalue weighted by Gasteiger charge is -2.12. The van der Waals surface area contributed by atoms with E-state index in [1.54, 1.807) is 24.3 Å². The molecule has 6 heteroatoms. The van der Waals surface area contributed by atoms with E-state index in [0.717, 1.165) is 17.8 Å². The highest BCUT2D eigenvalue weighted by Gasteiger charge is 2.30. The molecular formula is C17H16F3NO2. The minimum absolute atomic E-state index is 0.210. The highest BCUT2D eigenvalue weighted by atomic mass is 19.4. The predicted octanol–water partition coefficient (Wildman–Crippen LogP) is 4.13. The number of hydrogen-bond acceptors (Lipinski definition) is 3. The molecule has 0 aliphatic carbocycles. The first-order valence-electron chi connectivity index (χ1n) is 6.88. The molecule has 0 saturated carbocycles. The Labute approximate surface area is 132 Å². The van der Waals surface area contributed by atoms with Crippen LogP contribution in [0, 0.1) is 0 Å². The van der Waals surface area contributed by atoms with Crippen LogP contribution in [0.15, 0.2) is 48.5 Å². The van der Waals surface area contributed by atoms with E-state index in [1.807, 2.05) is 19.0 Å². The van der Waals surface area contributed by atoms with Crippen molar-refractivity contribution in [2.24, 2.45) is 0 Å². The molecule has 0 radical (unpaired) electrons. The Bertz CT molecular complexity index is 679. The second-order valence-electron chi connectivity index (χ2n) is 5.22. The molecule has 2 aromatic carbocycles. The summed E-state index contributed by atoms with van der Waals surface area (Å²) in [4.78, 5) is 13.8. The lowest BCUT2D eigenvalue weighted by Crippen LogP contribution is -2.10. The van der Waals surface area contributed by atoms with E-state index in [1.165, 1.54) is 12.1 Å². The maximum Gasteiger partial charge on any atom is 0.416 e. The molecule has 0 N–H and O–H groups in total. The standard InChI is InChI=1S/C17H16F3NO2/c1-21(2)15-8-6-13(7-9-15)16(22)23-11-12-4-3-5-14(10-12)17(18,19)20/h3-10H,11H2,1-2H3. The van der Waals surface area contributed by atoms with E-state index in [9.17, 15) is 18.0 Å². The smallest absolute Gasteiger partial charge is 0.416 e. The van der Waals surface area contributed by atoms with Crippen molar-refractivity contribution in [3.63, 3.8) is 0 Å². The highest BCUT2D eigenvalue weighted by Crippen LogP contribution is 2.29. The Morgan fingerprint density at radius 2 is 1.74 bits per heavy atom. The van der Waals surface area contributed by atoms with Crippen molar-refractivity contribution in [2.75, 3.05) is 19.0 Å². The summed E-state index contributed by atoms with van der Waals surface area (Å²) >= 11 is 0. The molecule has 23 heavy (non-hydrogen) atoms. The van der Waals surface area contributed by atoms with E-state index in [2.05, 4.69) is 0 Å². The number of rotatable bonds is 4. The molecule has 0 saturated heterocycles. The van der Waals surface area contributed by atoms with Gasteiger partial charge in [0, 0.05) is 19.8 Å². The Balaban J connectivity index is 2.02. The average Bonchev–Trinajstić information content (AvgIpc) is 2.52. The third kappa shape index (κ3) is 4.48. The number of halogens is 3. The quantitative estimate of drug-likeness (QED) is 0.793. The first-order chi connectivity index (χ1) is 10.8.